The van der Waals surface area contributed by atoms with Crippen molar-refractivity contribution in [3.63, 3.8) is 0 Å². The number of rotatable bonds is 54. The first-order valence-electron chi connectivity index (χ1n) is 51.0. The molecule has 0 saturated carbocycles. The molecular formula is C125H130O23. The highest BCUT2D eigenvalue weighted by atomic mass is 16.8. The summed E-state index contributed by atoms with van der Waals surface area (Å²) in [6.07, 6.45) is -20.7. The summed E-state index contributed by atoms with van der Waals surface area (Å²) in [6.45, 7) is 1.19. The number of esters is 1. The van der Waals surface area contributed by atoms with Crippen LogP contribution in [0, 0.1) is 0 Å². The summed E-state index contributed by atoms with van der Waals surface area (Å²) in [5.74, 6) is -0.356. The van der Waals surface area contributed by atoms with Crippen LogP contribution in [0.3, 0.4) is 0 Å². The van der Waals surface area contributed by atoms with Crippen molar-refractivity contribution < 1.29 is 109 Å². The molecule has 23 nitrogen and oxygen atoms in total. The maximum Gasteiger partial charge on any atom is 0.309 e. The molecule has 4 aliphatic rings. The van der Waals surface area contributed by atoms with E-state index in [4.69, 9.17) is 104 Å². The van der Waals surface area contributed by atoms with Gasteiger partial charge in [-0.2, -0.15) is 0 Å². The van der Waals surface area contributed by atoms with Crippen molar-refractivity contribution in [3.05, 3.63) is 502 Å². The highest BCUT2D eigenvalue weighted by Crippen LogP contribution is 2.41. The maximum absolute atomic E-state index is 12.6. The van der Waals surface area contributed by atoms with Gasteiger partial charge in [-0.1, -0.05) is 419 Å². The molecule has 4 heterocycles. The molecule has 4 aliphatic heterocycles. The first-order valence-corrected chi connectivity index (χ1v) is 51.0. The van der Waals surface area contributed by atoms with Gasteiger partial charge >= 0.3 is 5.97 Å². The molecule has 0 aliphatic carbocycles. The fraction of sp³-hybridized carbons (Fsp3) is 0.320. The van der Waals surface area contributed by atoms with Gasteiger partial charge in [-0.3, -0.25) is 4.79 Å². The first-order chi connectivity index (χ1) is 73.2. The van der Waals surface area contributed by atoms with Crippen molar-refractivity contribution in [1.29, 1.82) is 0 Å². The van der Waals surface area contributed by atoms with Crippen LogP contribution in [-0.2, 0) is 208 Å². The second-order valence-corrected chi connectivity index (χ2v) is 37.2. The molecule has 23 heteroatoms. The number of methoxy groups -OCH3 is 1. The minimum Gasteiger partial charge on any atom is -0.469 e. The minimum atomic E-state index is -1.35. The number of benzene rings is 14. The van der Waals surface area contributed by atoms with Crippen LogP contribution < -0.4 is 0 Å². The van der Waals surface area contributed by atoms with Gasteiger partial charge < -0.3 is 104 Å². The first kappa shape index (κ1) is 106. The zero-order valence-corrected chi connectivity index (χ0v) is 83.2. The van der Waals surface area contributed by atoms with Crippen molar-refractivity contribution in [2.24, 2.45) is 0 Å². The number of hydrogen-bond acceptors (Lipinski definition) is 23. The average molecular weight is 2000 g/mol. The lowest BCUT2D eigenvalue weighted by atomic mass is 9.96. The van der Waals surface area contributed by atoms with Crippen LogP contribution in [-0.4, -0.2) is 162 Å². The fourth-order valence-electron chi connectivity index (χ4n) is 18.7. The van der Waals surface area contributed by atoms with E-state index < -0.39 is 123 Å². The molecule has 0 radical (unpaired) electrons. The third-order valence-electron chi connectivity index (χ3n) is 26.5. The van der Waals surface area contributed by atoms with Crippen LogP contribution in [0.2, 0.25) is 0 Å². The van der Waals surface area contributed by atoms with Crippen molar-refractivity contribution in [2.45, 2.75) is 222 Å². The van der Waals surface area contributed by atoms with Crippen molar-refractivity contribution >= 4 is 5.97 Å². The van der Waals surface area contributed by atoms with Gasteiger partial charge in [0.1, 0.15) is 97.7 Å². The smallest absolute Gasteiger partial charge is 0.309 e. The van der Waals surface area contributed by atoms with E-state index in [1.54, 1.807) is 0 Å². The Kier molecular flexibility index (Phi) is 40.6. The van der Waals surface area contributed by atoms with E-state index in [1.165, 1.54) is 7.11 Å². The lowest BCUT2D eigenvalue weighted by molar-refractivity contribution is -0.368. The van der Waals surface area contributed by atoms with Crippen LogP contribution in [0.1, 0.15) is 83.5 Å². The summed E-state index contributed by atoms with van der Waals surface area (Å²) in [5.41, 5.74) is 13.3. The second kappa shape index (κ2) is 56.9. The van der Waals surface area contributed by atoms with Crippen molar-refractivity contribution in [2.75, 3.05) is 33.5 Å². The van der Waals surface area contributed by atoms with Crippen molar-refractivity contribution in [3.8, 4) is 0 Å². The fourth-order valence-corrected chi connectivity index (χ4v) is 18.7. The Balaban J connectivity index is 0.742. The van der Waals surface area contributed by atoms with Crippen LogP contribution in [0.4, 0.5) is 0 Å². The molecule has 14 aromatic carbocycles. The topological polar surface area (TPSA) is 220 Å². The van der Waals surface area contributed by atoms with Gasteiger partial charge in [0.15, 0.2) is 25.2 Å². The Labute approximate surface area is 867 Å². The number of ether oxygens (including phenoxy) is 22. The summed E-state index contributed by atoms with van der Waals surface area (Å²) >= 11 is 0. The van der Waals surface area contributed by atoms with Gasteiger partial charge in [-0.25, -0.2) is 0 Å². The molecular weight excluding hydrogens is 1870 g/mol. The molecule has 3 unspecified atom stereocenters. The molecule has 768 valence electrons. The second-order valence-electron chi connectivity index (χ2n) is 37.2. The Morgan fingerprint density at radius 2 is 0.324 bits per heavy atom. The Hall–Kier alpha value is -12.3. The number of carbonyl (C=O) groups excluding carboxylic acids is 1. The number of hydrogen-bond donors (Lipinski definition) is 0. The zero-order chi connectivity index (χ0) is 101. The Morgan fingerprint density at radius 3 is 0.527 bits per heavy atom. The van der Waals surface area contributed by atoms with E-state index in [9.17, 15) is 4.79 Å². The molecule has 0 N–H and O–H groups in total. The van der Waals surface area contributed by atoms with Gasteiger partial charge in [0.2, 0.25) is 0 Å². The lowest BCUT2D eigenvalue weighted by Gasteiger charge is -2.49. The normalized spacial score (nSPS) is 23.9. The summed E-state index contributed by atoms with van der Waals surface area (Å²) in [5, 5.41) is 0. The zero-order valence-electron chi connectivity index (χ0n) is 83.2. The SMILES string of the molecule is COC(=O)Cc1ccc(CO[C@H]2O[C@H](COC3O[C@H](COC4O[C@H](COC5O[C@H](COCc6ccccc6)[C@@H](OCc6ccccc6)[C@H](OCc6ccccc6)[C@H]5OCc5ccccc5)[C@@H](OCc5ccccc5)[C@H](OCc5ccccc5)[C@H]4OCc4ccccc4)[C@@H](OCc4ccccc4)[C@H](OCc4ccccc4)[C@H]3OCc3ccccc3)[C@@H](OCc3ccccc3)[C@H](OCc3ccccc3)[C@H]2OCc2ccccc2)cc1. The third-order valence-corrected chi connectivity index (χ3v) is 26.5. The molecule has 0 bridgehead atoms. The van der Waals surface area contributed by atoms with Gasteiger partial charge in [-0.05, 0) is 83.5 Å². The van der Waals surface area contributed by atoms with E-state index in [1.807, 2.05) is 419 Å². The molecule has 0 amide bonds. The Morgan fingerprint density at radius 1 is 0.169 bits per heavy atom. The van der Waals surface area contributed by atoms with Gasteiger partial charge in [0.05, 0.1) is 132 Å². The lowest BCUT2D eigenvalue weighted by Crippen LogP contribution is -2.65. The summed E-state index contributed by atoms with van der Waals surface area (Å²) in [6, 6.07) is 137. The highest BCUT2D eigenvalue weighted by Gasteiger charge is 2.56. The maximum atomic E-state index is 12.6. The standard InChI is InChI=1S/C125H130O23/c1-127-109(126)71-90-67-69-104(70-68-90)85-141-122-118(137-81-100-59-33-11-34-60-100)115(134-78-97-53-27-8-28-54-97)111(130-74-93-45-19-4-20-46-93)106(146-122)87-143-124-120(139-83-102-63-37-13-38-64-102)117(136-80-99-57-31-10-32-58-99)113(132-76-95-49-23-6-24-50-95)108(148-124)89-144-125-121(140-84-103-65-39-14-40-66-103)116(135-79-98-55-29-9-30-56-98)112(131-75-94-47-21-5-22-48-94)107(147-125)88-142-123-119(138-82-101-61-35-12-36-62-101)114(133-77-96-51-25-7-26-52-96)110(129-73-92-43-17-3-18-44-92)105(145-123)86-128-72-91-41-15-2-16-42-91/h2-70,105-108,110-125H,71-89H2,1H3/t105-,106-,107-,108-,110-,111-,112-,113-,114+,115+,116+,117+,118-,119-,120-,121-,122+,123?,124?,125?/m1/s1. The van der Waals surface area contributed by atoms with E-state index >= 15 is 0 Å². The van der Waals surface area contributed by atoms with Crippen LogP contribution in [0.15, 0.2) is 419 Å². The van der Waals surface area contributed by atoms with Crippen LogP contribution >= 0.6 is 0 Å². The molecule has 0 aromatic heterocycles. The molecule has 148 heavy (non-hydrogen) atoms. The van der Waals surface area contributed by atoms with Crippen LogP contribution in [0.5, 0.6) is 0 Å². The van der Waals surface area contributed by atoms with Crippen LogP contribution in [0.25, 0.3) is 0 Å². The molecule has 0 spiro atoms. The van der Waals surface area contributed by atoms with E-state index in [0.29, 0.717) is 0 Å². The van der Waals surface area contributed by atoms with E-state index in [2.05, 4.69) is 0 Å². The summed E-state index contributed by atoms with van der Waals surface area (Å²) in [4.78, 5) is 12.6. The average Bonchev–Trinajstić information content (AvgIpc) is 0.780. The Bertz CT molecular complexity index is 6050. The van der Waals surface area contributed by atoms with E-state index in [-0.39, 0.29) is 131 Å². The molecule has 4 saturated heterocycles. The van der Waals surface area contributed by atoms with Gasteiger partial charge in [0.25, 0.3) is 0 Å². The molecule has 14 aromatic rings. The third kappa shape index (κ3) is 31.4. The molecule has 20 atom stereocenters. The highest BCUT2D eigenvalue weighted by molar-refractivity contribution is 5.72. The summed E-state index contributed by atoms with van der Waals surface area (Å²) in [7, 11) is 1.38. The quantitative estimate of drug-likeness (QED) is 0.0323. The van der Waals surface area contributed by atoms with Gasteiger partial charge in [0, 0.05) is 0 Å². The molecule has 18 rings (SSSR count). The summed E-state index contributed by atoms with van der Waals surface area (Å²) < 4.78 is 161. The number of carbonyl (C=O) groups is 1. The molecule has 4 fully saturated rings. The van der Waals surface area contributed by atoms with E-state index in [0.717, 1.165) is 83.5 Å². The monoisotopic (exact) mass is 2000 g/mol. The predicted molar refractivity (Wildman–Crippen MR) is 556 cm³/mol. The predicted octanol–water partition coefficient (Wildman–Crippen LogP) is 21.1. The minimum absolute atomic E-state index is 0.0532. The largest absolute Gasteiger partial charge is 0.469 e. The van der Waals surface area contributed by atoms with Crippen molar-refractivity contribution in [1.82, 2.24) is 0 Å². The van der Waals surface area contributed by atoms with Gasteiger partial charge in [-0.15, -0.1) is 0 Å².